The molecule has 19 heavy (non-hydrogen) atoms. The summed E-state index contributed by atoms with van der Waals surface area (Å²) in [5.41, 5.74) is 5.95. The van der Waals surface area contributed by atoms with Crippen molar-refractivity contribution >= 4 is 5.84 Å². The van der Waals surface area contributed by atoms with Gasteiger partial charge in [-0.15, -0.1) is 12.3 Å². The standard InChI is InChI=1S/C14H18FN3O/c1-3-6-11(4-2)17-9-10-7-5-8-12(13(10)15)14(16)18-19/h1,5,7-8,11,17,19H,4,6,9H2,2H3,(H2,16,18). The van der Waals surface area contributed by atoms with Crippen molar-refractivity contribution in [2.45, 2.75) is 32.4 Å². The summed E-state index contributed by atoms with van der Waals surface area (Å²) in [4.78, 5) is 0. The second-order valence-electron chi connectivity index (χ2n) is 4.16. The van der Waals surface area contributed by atoms with E-state index in [1.54, 1.807) is 12.1 Å². The fourth-order valence-electron chi connectivity index (χ4n) is 1.73. The van der Waals surface area contributed by atoms with Gasteiger partial charge >= 0.3 is 0 Å². The molecule has 0 bridgehead atoms. The summed E-state index contributed by atoms with van der Waals surface area (Å²) >= 11 is 0. The fourth-order valence-corrected chi connectivity index (χ4v) is 1.73. The first-order valence-corrected chi connectivity index (χ1v) is 6.06. The number of oxime groups is 1. The molecular formula is C14H18FN3O. The Bertz CT molecular complexity index is 494. The van der Waals surface area contributed by atoms with Crippen molar-refractivity contribution in [1.82, 2.24) is 5.32 Å². The van der Waals surface area contributed by atoms with E-state index < -0.39 is 5.82 Å². The van der Waals surface area contributed by atoms with Crippen LogP contribution in [0.15, 0.2) is 23.4 Å². The molecule has 0 heterocycles. The molecule has 0 saturated heterocycles. The lowest BCUT2D eigenvalue weighted by atomic mass is 10.1. The number of terminal acetylenes is 1. The van der Waals surface area contributed by atoms with Crippen LogP contribution in [-0.4, -0.2) is 17.1 Å². The normalized spacial score (nSPS) is 13.0. The Morgan fingerprint density at radius 1 is 1.63 bits per heavy atom. The number of benzene rings is 1. The van der Waals surface area contributed by atoms with Crippen LogP contribution in [0.2, 0.25) is 0 Å². The fraction of sp³-hybridized carbons (Fsp3) is 0.357. The highest BCUT2D eigenvalue weighted by Crippen LogP contribution is 2.13. The van der Waals surface area contributed by atoms with E-state index in [0.717, 1.165) is 6.42 Å². The Balaban J connectivity index is 2.83. The van der Waals surface area contributed by atoms with Crippen LogP contribution < -0.4 is 11.1 Å². The number of rotatable bonds is 6. The third-order valence-corrected chi connectivity index (χ3v) is 2.90. The summed E-state index contributed by atoms with van der Waals surface area (Å²) in [5.74, 6) is 1.85. The maximum Gasteiger partial charge on any atom is 0.173 e. The highest BCUT2D eigenvalue weighted by atomic mass is 19.1. The van der Waals surface area contributed by atoms with E-state index in [9.17, 15) is 4.39 Å². The van der Waals surface area contributed by atoms with Crippen molar-refractivity contribution in [2.24, 2.45) is 10.9 Å². The summed E-state index contributed by atoms with van der Waals surface area (Å²) in [7, 11) is 0. The van der Waals surface area contributed by atoms with E-state index in [1.807, 2.05) is 6.92 Å². The number of hydrogen-bond donors (Lipinski definition) is 3. The highest BCUT2D eigenvalue weighted by Gasteiger charge is 2.12. The van der Waals surface area contributed by atoms with Gasteiger partial charge in [-0.3, -0.25) is 0 Å². The number of nitrogens with zero attached hydrogens (tertiary/aromatic N) is 1. The topological polar surface area (TPSA) is 70.6 Å². The van der Waals surface area contributed by atoms with Crippen LogP contribution in [-0.2, 0) is 6.54 Å². The molecule has 4 N–H and O–H groups in total. The zero-order valence-corrected chi connectivity index (χ0v) is 10.9. The number of hydrogen-bond acceptors (Lipinski definition) is 3. The Kier molecular flexibility index (Phi) is 5.83. The van der Waals surface area contributed by atoms with E-state index >= 15 is 0 Å². The molecule has 102 valence electrons. The molecule has 0 fully saturated rings. The summed E-state index contributed by atoms with van der Waals surface area (Å²) in [6.07, 6.45) is 6.72. The van der Waals surface area contributed by atoms with Gasteiger partial charge in [0.2, 0.25) is 0 Å². The van der Waals surface area contributed by atoms with Crippen molar-refractivity contribution in [3.63, 3.8) is 0 Å². The molecule has 0 amide bonds. The lowest BCUT2D eigenvalue weighted by molar-refractivity contribution is 0.318. The minimum Gasteiger partial charge on any atom is -0.409 e. The van der Waals surface area contributed by atoms with Crippen LogP contribution in [0.25, 0.3) is 0 Å². The van der Waals surface area contributed by atoms with Crippen LogP contribution in [0.4, 0.5) is 4.39 Å². The average molecular weight is 263 g/mol. The smallest absolute Gasteiger partial charge is 0.173 e. The lowest BCUT2D eigenvalue weighted by Crippen LogP contribution is -2.28. The number of halogens is 1. The zero-order chi connectivity index (χ0) is 14.3. The lowest BCUT2D eigenvalue weighted by Gasteiger charge is -2.15. The molecule has 0 aromatic heterocycles. The van der Waals surface area contributed by atoms with Crippen molar-refractivity contribution in [2.75, 3.05) is 0 Å². The van der Waals surface area contributed by atoms with Crippen molar-refractivity contribution < 1.29 is 9.60 Å². The van der Waals surface area contributed by atoms with Gasteiger partial charge < -0.3 is 16.3 Å². The summed E-state index contributed by atoms with van der Waals surface area (Å²) in [6.45, 7) is 2.36. The van der Waals surface area contributed by atoms with Gasteiger partial charge in [-0.25, -0.2) is 4.39 Å². The summed E-state index contributed by atoms with van der Waals surface area (Å²) < 4.78 is 14.1. The predicted molar refractivity (Wildman–Crippen MR) is 73.3 cm³/mol. The molecule has 1 unspecified atom stereocenters. The van der Waals surface area contributed by atoms with Crippen molar-refractivity contribution in [3.8, 4) is 12.3 Å². The number of amidine groups is 1. The first kappa shape index (κ1) is 15.0. The van der Waals surface area contributed by atoms with Gasteiger partial charge in [0.1, 0.15) is 5.82 Å². The molecule has 4 nitrogen and oxygen atoms in total. The minimum absolute atomic E-state index is 0.0896. The van der Waals surface area contributed by atoms with Crippen LogP contribution in [0, 0.1) is 18.2 Å². The first-order valence-electron chi connectivity index (χ1n) is 6.06. The Morgan fingerprint density at radius 3 is 2.95 bits per heavy atom. The molecule has 5 heteroatoms. The molecule has 0 spiro atoms. The van der Waals surface area contributed by atoms with Gasteiger partial charge in [0.05, 0.1) is 5.56 Å². The van der Waals surface area contributed by atoms with E-state index in [0.29, 0.717) is 18.5 Å². The molecule has 0 saturated carbocycles. The van der Waals surface area contributed by atoms with Crippen LogP contribution in [0.3, 0.4) is 0 Å². The molecule has 1 aromatic rings. The van der Waals surface area contributed by atoms with E-state index in [4.69, 9.17) is 17.4 Å². The Morgan fingerprint density at radius 2 is 2.37 bits per heavy atom. The van der Waals surface area contributed by atoms with Gasteiger partial charge in [0.25, 0.3) is 0 Å². The quantitative estimate of drug-likeness (QED) is 0.241. The largest absolute Gasteiger partial charge is 0.409 e. The second kappa shape index (κ2) is 7.39. The van der Waals surface area contributed by atoms with Gasteiger partial charge in [-0.2, -0.15) is 0 Å². The maximum atomic E-state index is 14.1. The summed E-state index contributed by atoms with van der Waals surface area (Å²) in [6, 6.07) is 4.93. The van der Waals surface area contributed by atoms with Crippen LogP contribution >= 0.6 is 0 Å². The molecule has 0 aliphatic carbocycles. The molecular weight excluding hydrogens is 245 g/mol. The van der Waals surface area contributed by atoms with Crippen molar-refractivity contribution in [3.05, 3.63) is 35.1 Å². The van der Waals surface area contributed by atoms with Gasteiger partial charge in [0, 0.05) is 24.6 Å². The van der Waals surface area contributed by atoms with Crippen molar-refractivity contribution in [1.29, 1.82) is 0 Å². The Labute approximate surface area is 112 Å². The molecule has 0 aliphatic rings. The first-order chi connectivity index (χ1) is 9.13. The van der Waals surface area contributed by atoms with Gasteiger partial charge in [0.15, 0.2) is 5.84 Å². The van der Waals surface area contributed by atoms with Gasteiger partial charge in [-0.05, 0) is 12.5 Å². The van der Waals surface area contributed by atoms with Crippen LogP contribution in [0.5, 0.6) is 0 Å². The number of nitrogens with two attached hydrogens (primary N) is 1. The van der Waals surface area contributed by atoms with E-state index in [1.165, 1.54) is 6.07 Å². The van der Waals surface area contributed by atoms with E-state index in [-0.39, 0.29) is 17.4 Å². The summed E-state index contributed by atoms with van der Waals surface area (Å²) in [5, 5.41) is 14.6. The Hall–Kier alpha value is -2.06. The second-order valence-corrected chi connectivity index (χ2v) is 4.16. The molecule has 0 aliphatic heterocycles. The molecule has 1 rings (SSSR count). The average Bonchev–Trinajstić information content (AvgIpc) is 2.43. The van der Waals surface area contributed by atoms with Crippen LogP contribution in [0.1, 0.15) is 30.9 Å². The number of nitrogens with one attached hydrogen (secondary N) is 1. The zero-order valence-electron chi connectivity index (χ0n) is 10.9. The van der Waals surface area contributed by atoms with Gasteiger partial charge in [-0.1, -0.05) is 24.2 Å². The van der Waals surface area contributed by atoms with E-state index in [2.05, 4.69) is 16.4 Å². The molecule has 1 atom stereocenters. The maximum absolute atomic E-state index is 14.1. The minimum atomic E-state index is -0.485. The highest BCUT2D eigenvalue weighted by molar-refractivity contribution is 5.97. The predicted octanol–water partition coefficient (Wildman–Crippen LogP) is 1.81. The molecule has 1 aromatic carbocycles. The third-order valence-electron chi connectivity index (χ3n) is 2.90. The third kappa shape index (κ3) is 3.97. The molecule has 0 radical (unpaired) electrons. The SMILES string of the molecule is C#CCC(CC)NCc1cccc(/C(N)=N/O)c1F. The monoisotopic (exact) mass is 263 g/mol.